The van der Waals surface area contributed by atoms with Crippen LogP contribution in [0.2, 0.25) is 0 Å². The zero-order chi connectivity index (χ0) is 15.1. The van der Waals surface area contributed by atoms with E-state index in [1.807, 2.05) is 0 Å². The Labute approximate surface area is 129 Å². The monoisotopic (exact) mass is 314 g/mol. The molecule has 1 heterocycles. The van der Waals surface area contributed by atoms with Crippen molar-refractivity contribution in [1.29, 1.82) is 0 Å². The van der Waals surface area contributed by atoms with Crippen LogP contribution < -0.4 is 5.32 Å². The van der Waals surface area contributed by atoms with E-state index in [0.717, 1.165) is 19.0 Å². The molecule has 3 aliphatic rings. The maximum absolute atomic E-state index is 11.6. The number of hydrogen-bond acceptors (Lipinski definition) is 4. The summed E-state index contributed by atoms with van der Waals surface area (Å²) in [7, 11) is -2.88. The first-order chi connectivity index (χ1) is 9.83. The average molecular weight is 314 g/mol. The fourth-order valence-electron chi connectivity index (χ4n) is 4.39. The normalized spacial score (nSPS) is 34.2. The van der Waals surface area contributed by atoms with Crippen LogP contribution in [0.25, 0.3) is 0 Å². The molecule has 5 heteroatoms. The summed E-state index contributed by atoms with van der Waals surface area (Å²) in [6, 6.07) is 0. The van der Waals surface area contributed by atoms with Gasteiger partial charge in [-0.05, 0) is 38.5 Å². The SMILES string of the molecule is CC1(C2CC2)CN(CCS(C)(=O)=O)C2(CCCCC2)CN1. The second-order valence-corrected chi connectivity index (χ2v) is 10.1. The molecule has 0 aromatic heterocycles. The van der Waals surface area contributed by atoms with E-state index in [0.29, 0.717) is 12.3 Å². The van der Waals surface area contributed by atoms with Crippen LogP contribution >= 0.6 is 0 Å². The molecule has 1 unspecified atom stereocenters. The van der Waals surface area contributed by atoms with E-state index in [9.17, 15) is 8.42 Å². The minimum atomic E-state index is -2.88. The molecule has 1 spiro atoms. The largest absolute Gasteiger partial charge is 0.308 e. The summed E-state index contributed by atoms with van der Waals surface area (Å²) in [6.45, 7) is 5.12. The lowest BCUT2D eigenvalue weighted by Crippen LogP contribution is -2.70. The van der Waals surface area contributed by atoms with Gasteiger partial charge in [0.05, 0.1) is 5.75 Å². The highest BCUT2D eigenvalue weighted by Gasteiger charge is 2.51. The van der Waals surface area contributed by atoms with Gasteiger partial charge in [-0.2, -0.15) is 0 Å². The third-order valence-corrected chi connectivity index (χ3v) is 6.93. The summed E-state index contributed by atoms with van der Waals surface area (Å²) >= 11 is 0. The third kappa shape index (κ3) is 3.45. The molecule has 0 bridgehead atoms. The Hall–Kier alpha value is -0.130. The number of rotatable bonds is 4. The zero-order valence-electron chi connectivity index (χ0n) is 13.5. The van der Waals surface area contributed by atoms with Crippen molar-refractivity contribution in [3.05, 3.63) is 0 Å². The van der Waals surface area contributed by atoms with Gasteiger partial charge < -0.3 is 5.32 Å². The number of nitrogens with zero attached hydrogens (tertiary/aromatic N) is 1. The van der Waals surface area contributed by atoms with Gasteiger partial charge in [-0.15, -0.1) is 0 Å². The van der Waals surface area contributed by atoms with Crippen molar-refractivity contribution < 1.29 is 8.42 Å². The molecule has 21 heavy (non-hydrogen) atoms. The Balaban J connectivity index is 1.76. The molecule has 1 saturated heterocycles. The Morgan fingerprint density at radius 3 is 2.43 bits per heavy atom. The fourth-order valence-corrected chi connectivity index (χ4v) is 4.94. The number of piperazine rings is 1. The highest BCUT2D eigenvalue weighted by atomic mass is 32.2. The Morgan fingerprint density at radius 2 is 1.86 bits per heavy atom. The lowest BCUT2D eigenvalue weighted by molar-refractivity contribution is -0.0163. The van der Waals surface area contributed by atoms with E-state index < -0.39 is 9.84 Å². The van der Waals surface area contributed by atoms with Crippen LogP contribution in [0.3, 0.4) is 0 Å². The molecule has 3 fully saturated rings. The Morgan fingerprint density at radius 1 is 1.19 bits per heavy atom. The van der Waals surface area contributed by atoms with Gasteiger partial charge in [-0.1, -0.05) is 19.3 Å². The van der Waals surface area contributed by atoms with E-state index >= 15 is 0 Å². The first-order valence-corrected chi connectivity index (χ1v) is 10.6. The summed E-state index contributed by atoms with van der Waals surface area (Å²) < 4.78 is 23.2. The van der Waals surface area contributed by atoms with Gasteiger partial charge in [0.15, 0.2) is 0 Å². The van der Waals surface area contributed by atoms with Crippen LogP contribution in [0.15, 0.2) is 0 Å². The average Bonchev–Trinajstić information content (AvgIpc) is 3.25. The molecule has 0 amide bonds. The predicted octanol–water partition coefficient (Wildman–Crippen LogP) is 1.81. The van der Waals surface area contributed by atoms with Crippen LogP contribution in [0.4, 0.5) is 0 Å². The molecule has 2 aliphatic carbocycles. The molecule has 2 saturated carbocycles. The standard InChI is InChI=1S/C16H30N2O2S/c1-15(14-6-7-14)13-18(10-11-21(2,19)20)16(12-17-15)8-4-3-5-9-16/h14,17H,3-13H2,1-2H3. The lowest BCUT2D eigenvalue weighted by Gasteiger charge is -2.55. The summed E-state index contributed by atoms with van der Waals surface area (Å²) in [5.41, 5.74) is 0.414. The molecular weight excluding hydrogens is 284 g/mol. The molecule has 4 nitrogen and oxygen atoms in total. The van der Waals surface area contributed by atoms with Crippen molar-refractivity contribution in [2.45, 2.75) is 62.9 Å². The van der Waals surface area contributed by atoms with Crippen molar-refractivity contribution in [3.8, 4) is 0 Å². The van der Waals surface area contributed by atoms with Crippen LogP contribution in [0, 0.1) is 5.92 Å². The molecule has 122 valence electrons. The molecule has 1 atom stereocenters. The van der Waals surface area contributed by atoms with Crippen LogP contribution in [-0.4, -0.2) is 56.0 Å². The van der Waals surface area contributed by atoms with Gasteiger partial charge in [-0.25, -0.2) is 8.42 Å². The van der Waals surface area contributed by atoms with E-state index in [4.69, 9.17) is 0 Å². The Kier molecular flexibility index (Phi) is 4.13. The molecule has 0 radical (unpaired) electrons. The van der Waals surface area contributed by atoms with Crippen molar-refractivity contribution in [2.24, 2.45) is 5.92 Å². The van der Waals surface area contributed by atoms with Gasteiger partial charge in [-0.3, -0.25) is 4.90 Å². The minimum Gasteiger partial charge on any atom is -0.308 e. The first kappa shape index (κ1) is 15.8. The molecule has 1 N–H and O–H groups in total. The summed E-state index contributed by atoms with van der Waals surface area (Å²) in [5.74, 6) is 1.09. The van der Waals surface area contributed by atoms with Crippen molar-refractivity contribution in [1.82, 2.24) is 10.2 Å². The first-order valence-electron chi connectivity index (χ1n) is 8.51. The zero-order valence-corrected chi connectivity index (χ0v) is 14.3. The van der Waals surface area contributed by atoms with Gasteiger partial charge in [0, 0.05) is 37.0 Å². The van der Waals surface area contributed by atoms with Gasteiger partial charge in [0.2, 0.25) is 0 Å². The fraction of sp³-hybridized carbons (Fsp3) is 1.00. The second kappa shape index (κ2) is 5.50. The van der Waals surface area contributed by atoms with Gasteiger partial charge in [0.1, 0.15) is 9.84 Å². The topological polar surface area (TPSA) is 49.4 Å². The quantitative estimate of drug-likeness (QED) is 0.860. The molecule has 0 aromatic carbocycles. The highest BCUT2D eigenvalue weighted by Crippen LogP contribution is 2.45. The smallest absolute Gasteiger partial charge is 0.148 e. The van der Waals surface area contributed by atoms with E-state index in [2.05, 4.69) is 17.1 Å². The minimum absolute atomic E-state index is 0.195. The van der Waals surface area contributed by atoms with E-state index in [1.54, 1.807) is 0 Å². The van der Waals surface area contributed by atoms with E-state index in [1.165, 1.54) is 51.2 Å². The lowest BCUT2D eigenvalue weighted by atomic mass is 9.76. The van der Waals surface area contributed by atoms with E-state index in [-0.39, 0.29) is 11.1 Å². The molecule has 0 aromatic rings. The third-order valence-electron chi connectivity index (χ3n) is 6.01. The molecule has 1 aliphatic heterocycles. The maximum Gasteiger partial charge on any atom is 0.148 e. The van der Waals surface area contributed by atoms with Crippen molar-refractivity contribution in [3.63, 3.8) is 0 Å². The highest BCUT2D eigenvalue weighted by molar-refractivity contribution is 7.90. The van der Waals surface area contributed by atoms with Crippen LogP contribution in [0.1, 0.15) is 51.9 Å². The van der Waals surface area contributed by atoms with Crippen LogP contribution in [-0.2, 0) is 9.84 Å². The predicted molar refractivity (Wildman–Crippen MR) is 86.2 cm³/mol. The van der Waals surface area contributed by atoms with Crippen molar-refractivity contribution >= 4 is 9.84 Å². The second-order valence-electron chi connectivity index (χ2n) is 7.88. The summed E-state index contributed by atoms with van der Waals surface area (Å²) in [6.07, 6.45) is 10.4. The number of sulfone groups is 1. The maximum atomic E-state index is 11.6. The summed E-state index contributed by atoms with van der Waals surface area (Å²) in [5, 5.41) is 3.85. The number of nitrogens with one attached hydrogen (secondary N) is 1. The van der Waals surface area contributed by atoms with Gasteiger partial charge in [0.25, 0.3) is 0 Å². The summed E-state index contributed by atoms with van der Waals surface area (Å²) in [4.78, 5) is 2.54. The number of hydrogen-bond donors (Lipinski definition) is 1. The van der Waals surface area contributed by atoms with Crippen molar-refractivity contribution in [2.75, 3.05) is 31.6 Å². The molecular formula is C16H30N2O2S. The molecule has 3 rings (SSSR count). The Bertz CT molecular complexity index is 481. The van der Waals surface area contributed by atoms with Crippen LogP contribution in [0.5, 0.6) is 0 Å². The van der Waals surface area contributed by atoms with Gasteiger partial charge >= 0.3 is 0 Å².